The van der Waals surface area contributed by atoms with Crippen LogP contribution in [0.25, 0.3) is 0 Å². The first-order chi connectivity index (χ1) is 9.73. The highest BCUT2D eigenvalue weighted by Gasteiger charge is 2.49. The highest BCUT2D eigenvalue weighted by Crippen LogP contribution is 2.42. The van der Waals surface area contributed by atoms with Crippen LogP contribution in [0.2, 0.25) is 0 Å². The molecule has 6 nitrogen and oxygen atoms in total. The van der Waals surface area contributed by atoms with E-state index in [-0.39, 0.29) is 6.09 Å². The summed E-state index contributed by atoms with van der Waals surface area (Å²) in [6.45, 7) is 7.38. The normalized spacial score (nSPS) is 30.2. The molecular weight excluding hydrogens is 274 g/mol. The Bertz CT molecular complexity index is 413. The zero-order chi connectivity index (χ0) is 15.7. The van der Waals surface area contributed by atoms with Gasteiger partial charge in [-0.3, -0.25) is 4.79 Å². The van der Waals surface area contributed by atoms with Crippen molar-refractivity contribution >= 4 is 12.1 Å². The summed E-state index contributed by atoms with van der Waals surface area (Å²) in [4.78, 5) is 25.4. The molecule has 2 unspecified atom stereocenters. The Labute approximate surface area is 125 Å². The number of carboxylic acids is 1. The number of nitrogens with zero attached hydrogens (tertiary/aromatic N) is 1. The second kappa shape index (κ2) is 5.83. The van der Waals surface area contributed by atoms with Crippen molar-refractivity contribution in [1.82, 2.24) is 4.90 Å². The molecule has 2 aliphatic heterocycles. The first-order valence-corrected chi connectivity index (χ1v) is 7.52. The van der Waals surface area contributed by atoms with E-state index >= 15 is 0 Å². The van der Waals surface area contributed by atoms with Crippen LogP contribution in [0.5, 0.6) is 0 Å². The van der Waals surface area contributed by atoms with Crippen molar-refractivity contribution < 1.29 is 24.2 Å². The summed E-state index contributed by atoms with van der Waals surface area (Å²) in [6, 6.07) is 0. The average molecular weight is 299 g/mol. The minimum Gasteiger partial charge on any atom is -0.481 e. The summed E-state index contributed by atoms with van der Waals surface area (Å²) in [7, 11) is 0. The Morgan fingerprint density at radius 1 is 1.38 bits per heavy atom. The number of carbonyl (C=O) groups excluding carboxylic acids is 1. The van der Waals surface area contributed by atoms with Gasteiger partial charge in [-0.1, -0.05) is 0 Å². The summed E-state index contributed by atoms with van der Waals surface area (Å²) in [5.74, 6) is -1.24. The second-order valence-corrected chi connectivity index (χ2v) is 7.10. The van der Waals surface area contributed by atoms with E-state index in [0.717, 1.165) is 12.8 Å². The van der Waals surface area contributed by atoms with Gasteiger partial charge >= 0.3 is 12.1 Å². The molecule has 0 saturated carbocycles. The molecule has 0 aromatic rings. The van der Waals surface area contributed by atoms with Crippen LogP contribution < -0.4 is 0 Å². The van der Waals surface area contributed by atoms with Crippen molar-refractivity contribution in [3.05, 3.63) is 0 Å². The second-order valence-electron chi connectivity index (χ2n) is 7.10. The number of amides is 1. The summed E-state index contributed by atoms with van der Waals surface area (Å²) < 4.78 is 10.9. The Hall–Kier alpha value is -1.30. The predicted octanol–water partition coefficient (Wildman–Crippen LogP) is 2.12. The molecule has 0 aliphatic carbocycles. The number of carboxylic acid groups (broad SMARTS) is 1. The van der Waals surface area contributed by atoms with Gasteiger partial charge in [-0.2, -0.15) is 0 Å². The summed E-state index contributed by atoms with van der Waals surface area (Å²) in [6.07, 6.45) is 1.71. The number of rotatable bonds is 1. The van der Waals surface area contributed by atoms with Gasteiger partial charge in [0.15, 0.2) is 0 Å². The van der Waals surface area contributed by atoms with Crippen LogP contribution in [0.4, 0.5) is 4.79 Å². The van der Waals surface area contributed by atoms with Crippen LogP contribution >= 0.6 is 0 Å². The molecule has 2 saturated heterocycles. The summed E-state index contributed by atoms with van der Waals surface area (Å²) >= 11 is 0. The molecule has 2 atom stereocenters. The molecule has 2 aliphatic rings. The Morgan fingerprint density at radius 3 is 2.71 bits per heavy atom. The number of carbonyl (C=O) groups is 2. The largest absolute Gasteiger partial charge is 0.481 e. The lowest BCUT2D eigenvalue weighted by Crippen LogP contribution is -2.56. The van der Waals surface area contributed by atoms with Crippen molar-refractivity contribution in [2.45, 2.75) is 45.6 Å². The molecule has 0 aromatic heterocycles. The van der Waals surface area contributed by atoms with Crippen molar-refractivity contribution in [2.75, 3.05) is 26.3 Å². The first kappa shape index (κ1) is 16.1. The molecule has 2 heterocycles. The van der Waals surface area contributed by atoms with E-state index in [1.165, 1.54) is 0 Å². The van der Waals surface area contributed by atoms with Gasteiger partial charge in [-0.15, -0.1) is 0 Å². The van der Waals surface area contributed by atoms with Crippen molar-refractivity contribution in [2.24, 2.45) is 11.3 Å². The van der Waals surface area contributed by atoms with E-state index in [9.17, 15) is 14.7 Å². The molecule has 1 N–H and O–H groups in total. The Balaban J connectivity index is 2.11. The minimum absolute atomic E-state index is 0.365. The number of aliphatic carboxylic acids is 1. The van der Waals surface area contributed by atoms with E-state index in [4.69, 9.17) is 9.47 Å². The van der Waals surface area contributed by atoms with E-state index in [0.29, 0.717) is 32.7 Å². The molecular formula is C15H25NO5. The quantitative estimate of drug-likeness (QED) is 0.802. The first-order valence-electron chi connectivity index (χ1n) is 7.52. The zero-order valence-electron chi connectivity index (χ0n) is 13.1. The SMILES string of the molecule is CC(C)(C)OC(=O)N1CCCC2(COCCC2C(=O)O)C1. The maximum Gasteiger partial charge on any atom is 0.410 e. The molecule has 120 valence electrons. The molecule has 0 bridgehead atoms. The summed E-state index contributed by atoms with van der Waals surface area (Å²) in [5, 5.41) is 9.48. The van der Waals surface area contributed by atoms with Crippen molar-refractivity contribution in [3.63, 3.8) is 0 Å². The third kappa shape index (κ3) is 3.67. The Kier molecular flexibility index (Phi) is 4.46. The highest BCUT2D eigenvalue weighted by atomic mass is 16.6. The van der Waals surface area contributed by atoms with Gasteiger partial charge in [0.25, 0.3) is 0 Å². The van der Waals surface area contributed by atoms with Crippen molar-refractivity contribution in [3.8, 4) is 0 Å². The van der Waals surface area contributed by atoms with Crippen LogP contribution in [-0.4, -0.2) is 54.0 Å². The topological polar surface area (TPSA) is 76.1 Å². The maximum absolute atomic E-state index is 12.2. The van der Waals surface area contributed by atoms with E-state index in [1.807, 2.05) is 20.8 Å². The minimum atomic E-state index is -0.788. The zero-order valence-corrected chi connectivity index (χ0v) is 13.1. The lowest BCUT2D eigenvalue weighted by atomic mass is 9.68. The van der Waals surface area contributed by atoms with E-state index < -0.39 is 22.9 Å². The van der Waals surface area contributed by atoms with E-state index in [2.05, 4.69) is 0 Å². The molecule has 21 heavy (non-hydrogen) atoms. The van der Waals surface area contributed by atoms with Crippen LogP contribution in [-0.2, 0) is 14.3 Å². The third-order valence-electron chi connectivity index (χ3n) is 4.24. The van der Waals surface area contributed by atoms with Crippen LogP contribution in [0.15, 0.2) is 0 Å². The number of ether oxygens (including phenoxy) is 2. The van der Waals surface area contributed by atoms with Gasteiger partial charge < -0.3 is 19.5 Å². The van der Waals surface area contributed by atoms with Gasteiger partial charge in [-0.05, 0) is 40.0 Å². The van der Waals surface area contributed by atoms with Gasteiger partial charge in [0, 0.05) is 25.1 Å². The lowest BCUT2D eigenvalue weighted by molar-refractivity contribution is -0.160. The van der Waals surface area contributed by atoms with Gasteiger partial charge in [0.1, 0.15) is 5.60 Å². The number of piperidine rings is 1. The highest BCUT2D eigenvalue weighted by molar-refractivity contribution is 5.72. The average Bonchev–Trinajstić information content (AvgIpc) is 2.37. The fourth-order valence-corrected chi connectivity index (χ4v) is 3.31. The smallest absolute Gasteiger partial charge is 0.410 e. The van der Waals surface area contributed by atoms with Crippen LogP contribution in [0.3, 0.4) is 0 Å². The van der Waals surface area contributed by atoms with Crippen molar-refractivity contribution in [1.29, 1.82) is 0 Å². The number of likely N-dealkylation sites (tertiary alicyclic amines) is 1. The van der Waals surface area contributed by atoms with Gasteiger partial charge in [0.2, 0.25) is 0 Å². The van der Waals surface area contributed by atoms with E-state index in [1.54, 1.807) is 4.90 Å². The molecule has 2 fully saturated rings. The van der Waals surface area contributed by atoms with Crippen LogP contribution in [0, 0.1) is 11.3 Å². The summed E-state index contributed by atoms with van der Waals surface area (Å²) in [5.41, 5.74) is -1.02. The fraction of sp³-hybridized carbons (Fsp3) is 0.867. The fourth-order valence-electron chi connectivity index (χ4n) is 3.31. The monoisotopic (exact) mass is 299 g/mol. The molecule has 6 heteroatoms. The number of hydrogen-bond acceptors (Lipinski definition) is 4. The van der Waals surface area contributed by atoms with Gasteiger partial charge in [-0.25, -0.2) is 4.79 Å². The van der Waals surface area contributed by atoms with Crippen LogP contribution in [0.1, 0.15) is 40.0 Å². The third-order valence-corrected chi connectivity index (χ3v) is 4.24. The predicted molar refractivity (Wildman–Crippen MR) is 76.0 cm³/mol. The number of hydrogen-bond donors (Lipinski definition) is 1. The molecule has 0 aromatic carbocycles. The Morgan fingerprint density at radius 2 is 2.10 bits per heavy atom. The lowest BCUT2D eigenvalue weighted by Gasteiger charge is -2.47. The molecule has 1 amide bonds. The molecule has 1 spiro atoms. The van der Waals surface area contributed by atoms with Gasteiger partial charge in [0.05, 0.1) is 12.5 Å². The molecule has 0 radical (unpaired) electrons. The molecule has 2 rings (SSSR count). The standard InChI is InChI=1S/C15H25NO5/c1-14(2,3)21-13(19)16-7-4-6-15(9-16)10-20-8-5-11(15)12(17)18/h11H,4-10H2,1-3H3,(H,17,18). The maximum atomic E-state index is 12.2.